The number of rotatable bonds is 4. The van der Waals surface area contributed by atoms with Gasteiger partial charge < -0.3 is 4.57 Å². The molecule has 92 valence electrons. The van der Waals surface area contributed by atoms with Crippen LogP contribution in [0.3, 0.4) is 0 Å². The van der Waals surface area contributed by atoms with Gasteiger partial charge in [0.1, 0.15) is 11.3 Å². The van der Waals surface area contributed by atoms with Crippen molar-refractivity contribution in [2.45, 2.75) is 25.8 Å². The van der Waals surface area contributed by atoms with Crippen LogP contribution in [-0.4, -0.2) is 26.5 Å². The Morgan fingerprint density at radius 2 is 2.29 bits per heavy atom. The maximum atomic E-state index is 6.19. The summed E-state index contributed by atoms with van der Waals surface area (Å²) < 4.78 is 2.14. The first-order chi connectivity index (χ1) is 8.15. The molecule has 0 saturated heterocycles. The summed E-state index contributed by atoms with van der Waals surface area (Å²) in [6, 6.07) is 1.98. The number of thioether (sulfide) groups is 1. The van der Waals surface area contributed by atoms with E-state index in [1.54, 1.807) is 0 Å². The summed E-state index contributed by atoms with van der Waals surface area (Å²) in [6.07, 6.45) is 3.93. The van der Waals surface area contributed by atoms with Gasteiger partial charge >= 0.3 is 0 Å². The zero-order valence-corrected chi connectivity index (χ0v) is 11.8. The molecule has 0 amide bonds. The Morgan fingerprint density at radius 3 is 2.94 bits per heavy atom. The van der Waals surface area contributed by atoms with Gasteiger partial charge in [-0.05, 0) is 31.7 Å². The fourth-order valence-electron chi connectivity index (χ4n) is 1.86. The van der Waals surface area contributed by atoms with Crippen LogP contribution in [-0.2, 0) is 6.54 Å². The molecule has 0 aromatic carbocycles. The maximum Gasteiger partial charge on any atom is 0.160 e. The Kier molecular flexibility index (Phi) is 3.94. The van der Waals surface area contributed by atoms with E-state index in [-0.39, 0.29) is 5.38 Å². The van der Waals surface area contributed by atoms with Crippen LogP contribution in [0.2, 0.25) is 0 Å². The van der Waals surface area contributed by atoms with Crippen molar-refractivity contribution in [1.29, 1.82) is 0 Å². The zero-order valence-electron chi connectivity index (χ0n) is 10.3. The van der Waals surface area contributed by atoms with E-state index in [1.807, 2.05) is 30.9 Å². The molecule has 0 bridgehead atoms. The lowest BCUT2D eigenvalue weighted by Gasteiger charge is -2.08. The van der Waals surface area contributed by atoms with E-state index >= 15 is 0 Å². The quantitative estimate of drug-likeness (QED) is 0.797. The van der Waals surface area contributed by atoms with E-state index in [4.69, 9.17) is 11.6 Å². The molecule has 2 rings (SSSR count). The molecule has 17 heavy (non-hydrogen) atoms. The second-order valence-corrected chi connectivity index (χ2v) is 5.67. The SMILES string of the molecule is CSCCn1c(C(C)Cl)nc2c(C)ccnc21. The monoisotopic (exact) mass is 269 g/mol. The molecule has 3 nitrogen and oxygen atoms in total. The van der Waals surface area contributed by atoms with Crippen molar-refractivity contribution in [2.75, 3.05) is 12.0 Å². The van der Waals surface area contributed by atoms with Crippen LogP contribution in [0.15, 0.2) is 12.3 Å². The summed E-state index contributed by atoms with van der Waals surface area (Å²) in [6.45, 7) is 4.91. The first-order valence-corrected chi connectivity index (χ1v) is 7.43. The van der Waals surface area contributed by atoms with Crippen LogP contribution in [0.4, 0.5) is 0 Å². The number of halogens is 1. The van der Waals surface area contributed by atoms with Gasteiger partial charge in [0.25, 0.3) is 0 Å². The molecule has 1 atom stereocenters. The van der Waals surface area contributed by atoms with Gasteiger partial charge in [0.15, 0.2) is 5.65 Å². The molecule has 5 heteroatoms. The van der Waals surface area contributed by atoms with Gasteiger partial charge in [0.05, 0.1) is 5.38 Å². The van der Waals surface area contributed by atoms with Gasteiger partial charge in [-0.15, -0.1) is 11.6 Å². The number of nitrogens with zero attached hydrogens (tertiary/aromatic N) is 3. The maximum absolute atomic E-state index is 6.19. The molecular formula is C12H16ClN3S. The van der Waals surface area contributed by atoms with Crippen molar-refractivity contribution in [3.63, 3.8) is 0 Å². The van der Waals surface area contributed by atoms with Crippen molar-refractivity contribution in [3.05, 3.63) is 23.7 Å². The van der Waals surface area contributed by atoms with Crippen LogP contribution in [0.5, 0.6) is 0 Å². The van der Waals surface area contributed by atoms with Gasteiger partial charge in [0, 0.05) is 18.5 Å². The molecule has 0 aliphatic heterocycles. The van der Waals surface area contributed by atoms with Gasteiger partial charge in [-0.1, -0.05) is 0 Å². The molecule has 2 aromatic heterocycles. The topological polar surface area (TPSA) is 30.7 Å². The lowest BCUT2D eigenvalue weighted by molar-refractivity contribution is 0.717. The molecular weight excluding hydrogens is 254 g/mol. The normalized spacial score (nSPS) is 13.2. The zero-order chi connectivity index (χ0) is 12.4. The average molecular weight is 270 g/mol. The Balaban J connectivity index is 2.59. The van der Waals surface area contributed by atoms with Crippen LogP contribution >= 0.6 is 23.4 Å². The third kappa shape index (κ3) is 2.43. The summed E-state index contributed by atoms with van der Waals surface area (Å²) in [5.74, 6) is 1.95. The van der Waals surface area contributed by atoms with Crippen molar-refractivity contribution in [1.82, 2.24) is 14.5 Å². The van der Waals surface area contributed by atoms with Crippen molar-refractivity contribution < 1.29 is 0 Å². The molecule has 0 spiro atoms. The molecule has 0 radical (unpaired) electrons. The molecule has 2 heterocycles. The average Bonchev–Trinajstić information content (AvgIpc) is 2.67. The number of pyridine rings is 1. The van der Waals surface area contributed by atoms with Crippen molar-refractivity contribution >= 4 is 34.5 Å². The third-order valence-corrected chi connectivity index (χ3v) is 3.53. The second kappa shape index (κ2) is 5.27. The fourth-order valence-corrected chi connectivity index (χ4v) is 2.39. The van der Waals surface area contributed by atoms with Gasteiger partial charge in [-0.3, -0.25) is 0 Å². The number of hydrogen-bond acceptors (Lipinski definition) is 3. The highest BCUT2D eigenvalue weighted by molar-refractivity contribution is 7.98. The number of alkyl halides is 1. The fraction of sp³-hybridized carbons (Fsp3) is 0.500. The second-order valence-electron chi connectivity index (χ2n) is 4.03. The van der Waals surface area contributed by atoms with Gasteiger partial charge in [0.2, 0.25) is 0 Å². The van der Waals surface area contributed by atoms with Crippen LogP contribution in [0.1, 0.15) is 23.7 Å². The van der Waals surface area contributed by atoms with Gasteiger partial charge in [-0.25, -0.2) is 9.97 Å². The van der Waals surface area contributed by atoms with E-state index in [9.17, 15) is 0 Å². The first-order valence-electron chi connectivity index (χ1n) is 5.60. The van der Waals surface area contributed by atoms with Crippen LogP contribution in [0.25, 0.3) is 11.2 Å². The molecule has 0 aliphatic rings. The number of hydrogen-bond donors (Lipinski definition) is 0. The minimum Gasteiger partial charge on any atom is -0.311 e. The summed E-state index contributed by atoms with van der Waals surface area (Å²) >= 11 is 8.01. The van der Waals surface area contributed by atoms with E-state index in [2.05, 4.69) is 27.7 Å². The van der Waals surface area contributed by atoms with Crippen LogP contribution < -0.4 is 0 Å². The molecule has 0 N–H and O–H groups in total. The minimum absolute atomic E-state index is 0.0922. The van der Waals surface area contributed by atoms with Crippen molar-refractivity contribution in [2.24, 2.45) is 0 Å². The molecule has 2 aromatic rings. The minimum atomic E-state index is -0.0922. The lowest BCUT2D eigenvalue weighted by Crippen LogP contribution is -2.06. The Hall–Kier alpha value is -0.740. The van der Waals surface area contributed by atoms with E-state index in [1.165, 1.54) is 0 Å². The molecule has 0 saturated carbocycles. The Bertz CT molecular complexity index is 522. The standard InChI is InChI=1S/C12H16ClN3S/c1-8-4-5-14-12-10(8)15-11(9(2)13)16(12)6-7-17-3/h4-5,9H,6-7H2,1-3H3. The molecule has 0 fully saturated rings. The lowest BCUT2D eigenvalue weighted by atomic mass is 10.3. The Morgan fingerprint density at radius 1 is 1.53 bits per heavy atom. The predicted molar refractivity (Wildman–Crippen MR) is 74.9 cm³/mol. The highest BCUT2D eigenvalue weighted by Crippen LogP contribution is 2.25. The number of fused-ring (bicyclic) bond motifs is 1. The highest BCUT2D eigenvalue weighted by atomic mass is 35.5. The molecule has 0 aliphatic carbocycles. The van der Waals surface area contributed by atoms with E-state index in [0.29, 0.717) is 0 Å². The summed E-state index contributed by atoms with van der Waals surface area (Å²) in [4.78, 5) is 9.05. The largest absolute Gasteiger partial charge is 0.311 e. The third-order valence-electron chi connectivity index (χ3n) is 2.74. The smallest absolute Gasteiger partial charge is 0.160 e. The first kappa shape index (κ1) is 12.7. The van der Waals surface area contributed by atoms with Crippen molar-refractivity contribution in [3.8, 4) is 0 Å². The molecule has 1 unspecified atom stereocenters. The Labute approximate surface area is 111 Å². The summed E-state index contributed by atoms with van der Waals surface area (Å²) in [5, 5.41) is -0.0922. The van der Waals surface area contributed by atoms with E-state index in [0.717, 1.165) is 34.8 Å². The van der Waals surface area contributed by atoms with Crippen LogP contribution in [0, 0.1) is 6.92 Å². The van der Waals surface area contributed by atoms with E-state index < -0.39 is 0 Å². The predicted octanol–water partition coefficient (Wildman–Crippen LogP) is 3.40. The highest BCUT2D eigenvalue weighted by Gasteiger charge is 2.16. The number of aromatic nitrogens is 3. The number of imidazole rings is 1. The van der Waals surface area contributed by atoms with Gasteiger partial charge in [-0.2, -0.15) is 11.8 Å². The summed E-state index contributed by atoms with van der Waals surface area (Å²) in [7, 11) is 0. The summed E-state index contributed by atoms with van der Waals surface area (Å²) in [5.41, 5.74) is 3.06. The number of aryl methyl sites for hydroxylation is 2.